The van der Waals surface area contributed by atoms with Crippen LogP contribution in [0.25, 0.3) is 0 Å². The van der Waals surface area contributed by atoms with Gasteiger partial charge in [-0.3, -0.25) is 0 Å². The van der Waals surface area contributed by atoms with Gasteiger partial charge in [0.15, 0.2) is 0 Å². The van der Waals surface area contributed by atoms with E-state index in [4.69, 9.17) is 5.11 Å². The van der Waals surface area contributed by atoms with Gasteiger partial charge in [-0.25, -0.2) is 14.0 Å². The van der Waals surface area contributed by atoms with E-state index in [1.807, 2.05) is 0 Å². The number of amides is 2. The molecule has 1 aromatic carbocycles. The molecule has 2 rings (SSSR count). The highest BCUT2D eigenvalue weighted by Gasteiger charge is 2.34. The van der Waals surface area contributed by atoms with Crippen molar-refractivity contribution in [2.45, 2.75) is 13.0 Å². The van der Waals surface area contributed by atoms with Crippen LogP contribution in [0.15, 0.2) is 18.2 Å². The van der Waals surface area contributed by atoms with Crippen LogP contribution in [0.1, 0.15) is 5.56 Å². The fourth-order valence-corrected chi connectivity index (χ4v) is 2.96. The predicted molar refractivity (Wildman–Crippen MR) is 70.7 cm³/mol. The standard InChI is InChI=1S/C12H13FN2O3S/c1-7-3-2-4-8(13)10(7)14-12(18)15-6-19-5-9(15)11(16)17/h2-4,9H,5-6H2,1H3,(H,14,18)(H,16,17). The van der Waals surface area contributed by atoms with Crippen LogP contribution in [0.2, 0.25) is 0 Å². The molecule has 2 amide bonds. The van der Waals surface area contributed by atoms with Crippen LogP contribution in [0.3, 0.4) is 0 Å². The van der Waals surface area contributed by atoms with E-state index in [0.29, 0.717) is 11.3 Å². The molecule has 1 aromatic rings. The number of hydrogen-bond donors (Lipinski definition) is 2. The van der Waals surface area contributed by atoms with Gasteiger partial charge in [-0.15, -0.1) is 11.8 Å². The van der Waals surface area contributed by atoms with Crippen molar-refractivity contribution in [3.63, 3.8) is 0 Å². The number of carboxylic acids is 1. The Kier molecular flexibility index (Phi) is 3.94. The zero-order valence-corrected chi connectivity index (χ0v) is 11.0. The number of halogens is 1. The number of anilines is 1. The van der Waals surface area contributed by atoms with Crippen LogP contribution in [-0.2, 0) is 4.79 Å². The number of aliphatic carboxylic acids is 1. The molecule has 0 bridgehead atoms. The number of nitrogens with zero attached hydrogens (tertiary/aromatic N) is 1. The number of rotatable bonds is 2. The van der Waals surface area contributed by atoms with Gasteiger partial charge in [-0.1, -0.05) is 12.1 Å². The van der Waals surface area contributed by atoms with E-state index in [2.05, 4.69) is 5.32 Å². The quantitative estimate of drug-likeness (QED) is 0.873. The van der Waals surface area contributed by atoms with Gasteiger partial charge >= 0.3 is 12.0 Å². The highest BCUT2D eigenvalue weighted by Crippen LogP contribution is 2.24. The Balaban J connectivity index is 2.15. The molecule has 1 saturated heterocycles. The maximum absolute atomic E-state index is 13.6. The van der Waals surface area contributed by atoms with Crippen LogP contribution in [0.5, 0.6) is 0 Å². The van der Waals surface area contributed by atoms with E-state index >= 15 is 0 Å². The van der Waals surface area contributed by atoms with Crippen molar-refractivity contribution >= 4 is 29.4 Å². The number of thioether (sulfide) groups is 1. The van der Waals surface area contributed by atoms with Crippen LogP contribution >= 0.6 is 11.8 Å². The van der Waals surface area contributed by atoms with Gasteiger partial charge in [0.2, 0.25) is 0 Å². The molecule has 5 nitrogen and oxygen atoms in total. The lowest BCUT2D eigenvalue weighted by atomic mass is 10.2. The summed E-state index contributed by atoms with van der Waals surface area (Å²) in [6.07, 6.45) is 0. The molecule has 0 saturated carbocycles. The molecule has 2 N–H and O–H groups in total. The molecule has 102 valence electrons. The summed E-state index contributed by atoms with van der Waals surface area (Å²) in [7, 11) is 0. The summed E-state index contributed by atoms with van der Waals surface area (Å²) in [6.45, 7) is 1.67. The Morgan fingerprint density at radius 1 is 1.53 bits per heavy atom. The number of carbonyl (C=O) groups excluding carboxylic acids is 1. The molecule has 1 unspecified atom stereocenters. The lowest BCUT2D eigenvalue weighted by molar-refractivity contribution is -0.140. The van der Waals surface area contributed by atoms with E-state index in [1.54, 1.807) is 19.1 Å². The molecule has 0 radical (unpaired) electrons. The van der Waals surface area contributed by atoms with Crippen LogP contribution in [0.4, 0.5) is 14.9 Å². The van der Waals surface area contributed by atoms with Crippen molar-refractivity contribution in [3.8, 4) is 0 Å². The summed E-state index contributed by atoms with van der Waals surface area (Å²) in [4.78, 5) is 24.2. The van der Waals surface area contributed by atoms with Crippen molar-refractivity contribution in [1.29, 1.82) is 0 Å². The number of carbonyl (C=O) groups is 2. The molecular weight excluding hydrogens is 271 g/mol. The fraction of sp³-hybridized carbons (Fsp3) is 0.333. The largest absolute Gasteiger partial charge is 0.480 e. The Morgan fingerprint density at radius 2 is 2.26 bits per heavy atom. The topological polar surface area (TPSA) is 69.6 Å². The highest BCUT2D eigenvalue weighted by molar-refractivity contribution is 7.99. The molecule has 0 spiro atoms. The second-order valence-corrected chi connectivity index (χ2v) is 5.19. The summed E-state index contributed by atoms with van der Waals surface area (Å²) >= 11 is 1.36. The molecule has 7 heteroatoms. The molecule has 1 aliphatic heterocycles. The third-order valence-corrected chi connectivity index (χ3v) is 3.89. The summed E-state index contributed by atoms with van der Waals surface area (Å²) in [6, 6.07) is 3.01. The maximum atomic E-state index is 13.6. The first kappa shape index (κ1) is 13.7. The summed E-state index contributed by atoms with van der Waals surface area (Å²) in [5.41, 5.74) is 0.681. The minimum Gasteiger partial charge on any atom is -0.480 e. The number of nitrogens with one attached hydrogen (secondary N) is 1. The molecule has 0 aliphatic carbocycles. The first-order valence-corrected chi connectivity index (χ1v) is 6.79. The zero-order chi connectivity index (χ0) is 14.0. The molecule has 1 aliphatic rings. The number of urea groups is 1. The summed E-state index contributed by atoms with van der Waals surface area (Å²) in [5.74, 6) is -0.951. The van der Waals surface area contributed by atoms with Crippen molar-refractivity contribution in [1.82, 2.24) is 4.90 Å². The van der Waals surface area contributed by atoms with Gasteiger partial charge in [0, 0.05) is 5.75 Å². The van der Waals surface area contributed by atoms with E-state index in [9.17, 15) is 14.0 Å². The Morgan fingerprint density at radius 3 is 2.89 bits per heavy atom. The third-order valence-electron chi connectivity index (χ3n) is 2.88. The average molecular weight is 284 g/mol. The predicted octanol–water partition coefficient (Wildman–Crippen LogP) is 2.13. The van der Waals surface area contributed by atoms with Crippen molar-refractivity contribution in [3.05, 3.63) is 29.6 Å². The number of para-hydroxylation sites is 1. The van der Waals surface area contributed by atoms with Gasteiger partial charge in [-0.05, 0) is 18.6 Å². The van der Waals surface area contributed by atoms with Crippen molar-refractivity contribution < 1.29 is 19.1 Å². The number of hydrogen-bond acceptors (Lipinski definition) is 3. The average Bonchev–Trinajstić information content (AvgIpc) is 2.83. The van der Waals surface area contributed by atoms with Crippen LogP contribution in [-0.4, -0.2) is 39.7 Å². The second kappa shape index (κ2) is 5.48. The SMILES string of the molecule is Cc1cccc(F)c1NC(=O)N1CSCC1C(=O)O. The maximum Gasteiger partial charge on any atom is 0.327 e. The Hall–Kier alpha value is -1.76. The summed E-state index contributed by atoms with van der Waals surface area (Å²) in [5, 5.41) is 11.4. The van der Waals surface area contributed by atoms with E-state index in [0.717, 1.165) is 0 Å². The number of carboxylic acid groups (broad SMARTS) is 1. The van der Waals surface area contributed by atoms with Crippen LogP contribution in [0, 0.1) is 12.7 Å². The molecule has 1 atom stereocenters. The van der Waals surface area contributed by atoms with Crippen molar-refractivity contribution in [2.24, 2.45) is 0 Å². The number of aryl methyl sites for hydroxylation is 1. The van der Waals surface area contributed by atoms with Crippen LogP contribution < -0.4 is 5.32 Å². The van der Waals surface area contributed by atoms with E-state index in [-0.39, 0.29) is 11.6 Å². The monoisotopic (exact) mass is 284 g/mol. The second-order valence-electron chi connectivity index (χ2n) is 4.19. The molecule has 1 fully saturated rings. The third kappa shape index (κ3) is 2.81. The Bertz CT molecular complexity index is 503. The molecular formula is C12H13FN2O3S. The lowest BCUT2D eigenvalue weighted by Crippen LogP contribution is -2.44. The minimum atomic E-state index is -1.05. The first-order chi connectivity index (χ1) is 9.00. The molecule has 1 heterocycles. The van der Waals surface area contributed by atoms with Gasteiger partial charge in [0.05, 0.1) is 11.6 Å². The van der Waals surface area contributed by atoms with Crippen molar-refractivity contribution in [2.75, 3.05) is 16.9 Å². The summed E-state index contributed by atoms with van der Waals surface area (Å²) < 4.78 is 13.6. The lowest BCUT2D eigenvalue weighted by Gasteiger charge is -2.21. The highest BCUT2D eigenvalue weighted by atomic mass is 32.2. The minimum absolute atomic E-state index is 0.0912. The molecule has 0 aromatic heterocycles. The zero-order valence-electron chi connectivity index (χ0n) is 10.2. The van der Waals surface area contributed by atoms with Gasteiger partial charge in [0.1, 0.15) is 11.9 Å². The smallest absolute Gasteiger partial charge is 0.327 e. The van der Waals surface area contributed by atoms with E-state index in [1.165, 1.54) is 22.7 Å². The van der Waals surface area contributed by atoms with E-state index < -0.39 is 23.9 Å². The molecule has 19 heavy (non-hydrogen) atoms. The van der Waals surface area contributed by atoms with Gasteiger partial charge in [-0.2, -0.15) is 0 Å². The first-order valence-electron chi connectivity index (χ1n) is 5.64. The van der Waals surface area contributed by atoms with Gasteiger partial charge in [0.25, 0.3) is 0 Å². The Labute approximate surface area is 113 Å². The normalized spacial score (nSPS) is 18.4. The fourth-order valence-electron chi connectivity index (χ4n) is 1.82. The van der Waals surface area contributed by atoms with Gasteiger partial charge < -0.3 is 15.3 Å². The number of benzene rings is 1.